The average Bonchev–Trinajstić information content (AvgIpc) is 1.84. The van der Waals surface area contributed by atoms with Gasteiger partial charge in [0.05, 0.1) is 5.97 Å². The lowest BCUT2D eigenvalue weighted by Crippen LogP contribution is -2.17. The molecular weight excluding hydrogens is 180 g/mol. The molecule has 0 fully saturated rings. The highest BCUT2D eigenvalue weighted by Gasteiger charge is 1.55. The number of hydrogen-bond acceptors (Lipinski definition) is 6. The van der Waals surface area contributed by atoms with E-state index in [2.05, 4.69) is 6.58 Å². The standard InChI is InChI=1S/C3H4O2.2C2H4O2/c1-2-3(4)5;2*1-2(3)4/h2H,1H2,(H,4,5);2*1H3,(H,3,4)/p-3. The highest BCUT2D eigenvalue weighted by atomic mass is 16.4. The molecule has 13 heavy (non-hydrogen) atoms. The predicted molar refractivity (Wildman–Crippen MR) is 36.6 cm³/mol. The third-order valence-corrected chi connectivity index (χ3v) is 0.167. The van der Waals surface area contributed by atoms with Crippen molar-refractivity contribution in [3.05, 3.63) is 12.7 Å². The summed E-state index contributed by atoms with van der Waals surface area (Å²) in [5, 5.41) is 26.9. The highest BCUT2D eigenvalue weighted by Crippen LogP contribution is 1.47. The molecule has 0 aromatic rings. The molecule has 76 valence electrons. The molecule has 0 aromatic carbocycles. The Bertz CT molecular complexity index is 163. The van der Waals surface area contributed by atoms with Crippen LogP contribution in [0.4, 0.5) is 0 Å². The van der Waals surface area contributed by atoms with Crippen molar-refractivity contribution in [2.45, 2.75) is 13.8 Å². The lowest BCUT2D eigenvalue weighted by atomic mass is 10.7. The number of rotatable bonds is 1. The van der Waals surface area contributed by atoms with Gasteiger partial charge in [0, 0.05) is 11.9 Å². The van der Waals surface area contributed by atoms with Gasteiger partial charge in [-0.05, 0) is 19.9 Å². The van der Waals surface area contributed by atoms with Gasteiger partial charge in [0.2, 0.25) is 0 Å². The van der Waals surface area contributed by atoms with Crippen LogP contribution in [0.25, 0.3) is 0 Å². The summed E-state index contributed by atoms with van der Waals surface area (Å²) >= 11 is 0. The largest absolute Gasteiger partial charge is 0.550 e. The van der Waals surface area contributed by atoms with Gasteiger partial charge < -0.3 is 29.7 Å². The second-order valence-corrected chi connectivity index (χ2v) is 1.51. The summed E-state index contributed by atoms with van der Waals surface area (Å²) in [6.45, 7) is 4.84. The van der Waals surface area contributed by atoms with Crippen molar-refractivity contribution in [2.75, 3.05) is 0 Å². The van der Waals surface area contributed by atoms with Gasteiger partial charge in [0.25, 0.3) is 0 Å². The molecule has 0 rings (SSSR count). The van der Waals surface area contributed by atoms with Crippen molar-refractivity contribution < 1.29 is 29.7 Å². The molecule has 0 heterocycles. The molecule has 0 radical (unpaired) electrons. The van der Waals surface area contributed by atoms with E-state index in [1.165, 1.54) is 0 Å². The van der Waals surface area contributed by atoms with Crippen LogP contribution in [0.3, 0.4) is 0 Å². The fourth-order valence-corrected chi connectivity index (χ4v) is 0. The van der Waals surface area contributed by atoms with E-state index in [0.29, 0.717) is 0 Å². The first kappa shape index (κ1) is 17.3. The molecule has 0 aliphatic carbocycles. The van der Waals surface area contributed by atoms with Crippen LogP contribution in [0.15, 0.2) is 12.7 Å². The van der Waals surface area contributed by atoms with Crippen LogP contribution >= 0.6 is 0 Å². The maximum absolute atomic E-state index is 9.14. The van der Waals surface area contributed by atoms with E-state index in [9.17, 15) is 0 Å². The normalized spacial score (nSPS) is 6.31. The lowest BCUT2D eigenvalue weighted by Gasteiger charge is -1.81. The zero-order valence-electron chi connectivity index (χ0n) is 7.23. The number of aliphatic carboxylic acids is 3. The summed E-state index contributed by atoms with van der Waals surface area (Å²) in [4.78, 5) is 26.9. The second kappa shape index (κ2) is 12.8. The molecule has 0 aromatic heterocycles. The van der Waals surface area contributed by atoms with Crippen LogP contribution in [-0.4, -0.2) is 17.9 Å². The van der Waals surface area contributed by atoms with Crippen molar-refractivity contribution in [1.82, 2.24) is 0 Å². The van der Waals surface area contributed by atoms with Crippen molar-refractivity contribution >= 4 is 17.9 Å². The molecule has 0 bridgehead atoms. The summed E-state index contributed by atoms with van der Waals surface area (Å²) in [5.74, 6) is -3.40. The fourth-order valence-electron chi connectivity index (χ4n) is 0. The molecule has 0 atom stereocenters. The van der Waals surface area contributed by atoms with Crippen molar-refractivity contribution in [3.63, 3.8) is 0 Å². The van der Waals surface area contributed by atoms with Crippen LogP contribution in [0, 0.1) is 0 Å². The van der Waals surface area contributed by atoms with Gasteiger partial charge in [0.1, 0.15) is 0 Å². The van der Waals surface area contributed by atoms with E-state index in [1.807, 2.05) is 0 Å². The van der Waals surface area contributed by atoms with Crippen LogP contribution in [0.1, 0.15) is 13.8 Å². The molecule has 0 unspecified atom stereocenters. The molecular formula is C7H9O6-3. The summed E-state index contributed by atoms with van der Waals surface area (Å²) < 4.78 is 0. The molecule has 0 saturated heterocycles. The summed E-state index contributed by atoms with van der Waals surface area (Å²) in [5.41, 5.74) is 0. The molecule has 0 saturated carbocycles. The Labute approximate surface area is 75.1 Å². The van der Waals surface area contributed by atoms with Gasteiger partial charge in [-0.25, -0.2) is 0 Å². The first-order valence-electron chi connectivity index (χ1n) is 2.92. The number of carbonyl (C=O) groups excluding carboxylic acids is 3. The molecule has 0 spiro atoms. The van der Waals surface area contributed by atoms with Crippen LogP contribution in [0.2, 0.25) is 0 Å². The summed E-state index contributed by atoms with van der Waals surface area (Å²) in [7, 11) is 0. The minimum absolute atomic E-state index is 0.722. The Morgan fingerprint density at radius 1 is 1.00 bits per heavy atom. The summed E-state index contributed by atoms with van der Waals surface area (Å²) in [6, 6.07) is 0. The highest BCUT2D eigenvalue weighted by molar-refractivity contribution is 5.76. The quantitative estimate of drug-likeness (QED) is 0.393. The zero-order chi connectivity index (χ0) is 11.4. The van der Waals surface area contributed by atoms with E-state index in [1.54, 1.807) is 0 Å². The molecule has 0 aliphatic rings. The minimum atomic E-state index is -1.23. The maximum atomic E-state index is 9.14. The SMILES string of the molecule is C=CC(=O)[O-].CC(=O)[O-].CC(=O)[O-]. The average molecular weight is 189 g/mol. The minimum Gasteiger partial charge on any atom is -0.550 e. The van der Waals surface area contributed by atoms with E-state index >= 15 is 0 Å². The molecule has 6 nitrogen and oxygen atoms in total. The Hall–Kier alpha value is -1.85. The fraction of sp³-hybridized carbons (Fsp3) is 0.286. The van der Waals surface area contributed by atoms with Gasteiger partial charge >= 0.3 is 0 Å². The summed E-state index contributed by atoms with van der Waals surface area (Å²) in [6.07, 6.45) is 0.722. The van der Waals surface area contributed by atoms with Gasteiger partial charge in [-0.3, -0.25) is 0 Å². The first-order chi connectivity index (χ1) is 5.73. The van der Waals surface area contributed by atoms with Crippen molar-refractivity contribution in [2.24, 2.45) is 0 Å². The molecule has 0 amide bonds. The van der Waals surface area contributed by atoms with E-state index in [-0.39, 0.29) is 0 Å². The van der Waals surface area contributed by atoms with E-state index < -0.39 is 17.9 Å². The third kappa shape index (κ3) is 30000. The first-order valence-corrected chi connectivity index (χ1v) is 2.92. The number of carboxylic acids is 3. The number of carbonyl (C=O) groups is 3. The molecule has 0 aliphatic heterocycles. The van der Waals surface area contributed by atoms with Gasteiger partial charge in [0.15, 0.2) is 0 Å². The van der Waals surface area contributed by atoms with Crippen molar-refractivity contribution in [3.8, 4) is 0 Å². The van der Waals surface area contributed by atoms with Crippen LogP contribution < -0.4 is 15.3 Å². The monoisotopic (exact) mass is 189 g/mol. The van der Waals surface area contributed by atoms with Gasteiger partial charge in [-0.15, -0.1) is 0 Å². The number of carboxylic acid groups (broad SMARTS) is 3. The Morgan fingerprint density at radius 3 is 1.08 bits per heavy atom. The van der Waals surface area contributed by atoms with E-state index in [0.717, 1.165) is 19.9 Å². The van der Waals surface area contributed by atoms with E-state index in [4.69, 9.17) is 29.7 Å². The van der Waals surface area contributed by atoms with Crippen LogP contribution in [-0.2, 0) is 14.4 Å². The van der Waals surface area contributed by atoms with Gasteiger partial charge in [-0.2, -0.15) is 0 Å². The maximum Gasteiger partial charge on any atom is 0.0636 e. The number of hydrogen-bond donors (Lipinski definition) is 0. The zero-order valence-corrected chi connectivity index (χ0v) is 7.23. The smallest absolute Gasteiger partial charge is 0.0636 e. The van der Waals surface area contributed by atoms with Crippen molar-refractivity contribution in [1.29, 1.82) is 0 Å². The molecule has 6 heteroatoms. The Kier molecular flexibility index (Phi) is 17.0. The molecule has 0 N–H and O–H groups in total. The van der Waals surface area contributed by atoms with Gasteiger partial charge in [-0.1, -0.05) is 6.58 Å². The third-order valence-electron chi connectivity index (χ3n) is 0.167. The lowest BCUT2D eigenvalue weighted by molar-refractivity contribution is -0.303. The second-order valence-electron chi connectivity index (χ2n) is 1.51. The Morgan fingerprint density at radius 2 is 1.08 bits per heavy atom. The topological polar surface area (TPSA) is 120 Å². The van der Waals surface area contributed by atoms with Crippen LogP contribution in [0.5, 0.6) is 0 Å². The predicted octanol–water partition coefficient (Wildman–Crippen LogP) is -3.57. The Balaban J connectivity index is -0.000000117.